The quantitative estimate of drug-likeness (QED) is 0.858. The van der Waals surface area contributed by atoms with Gasteiger partial charge in [-0.3, -0.25) is 4.90 Å². The zero-order chi connectivity index (χ0) is 13.7. The lowest BCUT2D eigenvalue weighted by atomic mass is 10.0. The van der Waals surface area contributed by atoms with Crippen molar-refractivity contribution in [3.8, 4) is 0 Å². The zero-order valence-electron chi connectivity index (χ0n) is 12.3. The molecule has 0 amide bonds. The van der Waals surface area contributed by atoms with E-state index in [1.54, 1.807) is 6.26 Å². The van der Waals surface area contributed by atoms with Crippen LogP contribution in [0.1, 0.15) is 39.0 Å². The number of hydrogen-bond donors (Lipinski definition) is 1. The highest BCUT2D eigenvalue weighted by atomic mass is 16.5. The fraction of sp³-hybridized carbons (Fsp3) is 0.733. The highest BCUT2D eigenvalue weighted by molar-refractivity contribution is 5.04. The molecule has 0 spiro atoms. The number of furan rings is 1. The maximum Gasteiger partial charge on any atom is 0.120 e. The second-order valence-electron chi connectivity index (χ2n) is 5.77. The lowest BCUT2D eigenvalue weighted by molar-refractivity contribution is -0.0106. The molecule has 2 rings (SSSR count). The van der Waals surface area contributed by atoms with E-state index in [2.05, 4.69) is 31.0 Å². The SMILES string of the molecule is CCC(NCC(C)(C)N1CCOCC1)c1ccco1. The molecule has 2 heterocycles. The number of ether oxygens (including phenoxy) is 1. The smallest absolute Gasteiger partial charge is 0.120 e. The van der Waals surface area contributed by atoms with Gasteiger partial charge >= 0.3 is 0 Å². The van der Waals surface area contributed by atoms with E-state index in [1.807, 2.05) is 12.1 Å². The number of nitrogens with one attached hydrogen (secondary N) is 1. The van der Waals surface area contributed by atoms with Gasteiger partial charge in [-0.2, -0.15) is 0 Å². The maximum absolute atomic E-state index is 5.50. The van der Waals surface area contributed by atoms with Gasteiger partial charge in [-0.15, -0.1) is 0 Å². The molecule has 1 unspecified atom stereocenters. The Kier molecular flexibility index (Phi) is 5.02. The van der Waals surface area contributed by atoms with Crippen LogP contribution in [-0.2, 0) is 4.74 Å². The first-order valence-electron chi connectivity index (χ1n) is 7.23. The van der Waals surface area contributed by atoms with Gasteiger partial charge in [0.2, 0.25) is 0 Å². The summed E-state index contributed by atoms with van der Waals surface area (Å²) in [5.74, 6) is 1.03. The monoisotopic (exact) mass is 266 g/mol. The molecule has 0 bridgehead atoms. The van der Waals surface area contributed by atoms with E-state index >= 15 is 0 Å². The minimum Gasteiger partial charge on any atom is -0.468 e. The number of rotatable bonds is 6. The third-order valence-electron chi connectivity index (χ3n) is 3.94. The normalized spacial score (nSPS) is 19.5. The molecular formula is C15H26N2O2. The van der Waals surface area contributed by atoms with Gasteiger partial charge in [-0.05, 0) is 32.4 Å². The Morgan fingerprint density at radius 1 is 1.37 bits per heavy atom. The number of hydrogen-bond acceptors (Lipinski definition) is 4. The van der Waals surface area contributed by atoms with Crippen molar-refractivity contribution >= 4 is 0 Å². The maximum atomic E-state index is 5.50. The van der Waals surface area contributed by atoms with Crippen LogP contribution in [0.25, 0.3) is 0 Å². The van der Waals surface area contributed by atoms with Crippen LogP contribution in [0, 0.1) is 0 Å². The Balaban J connectivity index is 1.88. The average Bonchev–Trinajstić information content (AvgIpc) is 2.94. The molecule has 0 radical (unpaired) electrons. The molecule has 1 aliphatic rings. The third-order valence-corrected chi connectivity index (χ3v) is 3.94. The van der Waals surface area contributed by atoms with Crippen LogP contribution in [0.5, 0.6) is 0 Å². The van der Waals surface area contributed by atoms with Crippen molar-refractivity contribution < 1.29 is 9.15 Å². The molecule has 1 aromatic heterocycles. The largest absolute Gasteiger partial charge is 0.468 e. The highest BCUT2D eigenvalue weighted by Gasteiger charge is 2.29. The van der Waals surface area contributed by atoms with Crippen molar-refractivity contribution in [1.82, 2.24) is 10.2 Å². The second-order valence-corrected chi connectivity index (χ2v) is 5.77. The van der Waals surface area contributed by atoms with Crippen LogP contribution in [0.3, 0.4) is 0 Å². The zero-order valence-corrected chi connectivity index (χ0v) is 12.3. The molecule has 4 heteroatoms. The molecule has 108 valence electrons. The highest BCUT2D eigenvalue weighted by Crippen LogP contribution is 2.20. The van der Waals surface area contributed by atoms with E-state index < -0.39 is 0 Å². The van der Waals surface area contributed by atoms with E-state index in [0.29, 0.717) is 6.04 Å². The summed E-state index contributed by atoms with van der Waals surface area (Å²) in [4.78, 5) is 2.50. The first-order chi connectivity index (χ1) is 9.13. The van der Waals surface area contributed by atoms with Gasteiger partial charge in [0.1, 0.15) is 5.76 Å². The van der Waals surface area contributed by atoms with Gasteiger partial charge in [0.25, 0.3) is 0 Å². The van der Waals surface area contributed by atoms with Gasteiger partial charge in [-0.1, -0.05) is 6.92 Å². The molecular weight excluding hydrogens is 240 g/mol. The van der Waals surface area contributed by atoms with Crippen molar-refractivity contribution in [2.45, 2.75) is 38.8 Å². The molecule has 0 saturated carbocycles. The summed E-state index contributed by atoms with van der Waals surface area (Å²) in [6, 6.07) is 4.30. The van der Waals surface area contributed by atoms with E-state index in [9.17, 15) is 0 Å². The van der Waals surface area contributed by atoms with Gasteiger partial charge < -0.3 is 14.5 Å². The Hall–Kier alpha value is -0.840. The predicted octanol–water partition coefficient (Wildman–Crippen LogP) is 2.43. The topological polar surface area (TPSA) is 37.6 Å². The summed E-state index contributed by atoms with van der Waals surface area (Å²) in [7, 11) is 0. The summed E-state index contributed by atoms with van der Waals surface area (Å²) in [5, 5.41) is 3.63. The Bertz CT molecular complexity index is 356. The molecule has 1 atom stereocenters. The molecule has 0 aromatic carbocycles. The van der Waals surface area contributed by atoms with Crippen molar-refractivity contribution in [2.24, 2.45) is 0 Å². The Morgan fingerprint density at radius 3 is 2.68 bits per heavy atom. The molecule has 19 heavy (non-hydrogen) atoms. The molecule has 1 aromatic rings. The van der Waals surface area contributed by atoms with Crippen molar-refractivity contribution in [3.05, 3.63) is 24.2 Å². The van der Waals surface area contributed by atoms with Crippen LogP contribution in [0.15, 0.2) is 22.8 Å². The van der Waals surface area contributed by atoms with E-state index in [4.69, 9.17) is 9.15 Å². The van der Waals surface area contributed by atoms with Crippen LogP contribution >= 0.6 is 0 Å². The van der Waals surface area contributed by atoms with E-state index in [1.165, 1.54) is 0 Å². The first-order valence-corrected chi connectivity index (χ1v) is 7.23. The van der Waals surface area contributed by atoms with E-state index in [0.717, 1.165) is 45.0 Å². The van der Waals surface area contributed by atoms with E-state index in [-0.39, 0.29) is 5.54 Å². The van der Waals surface area contributed by atoms with Crippen LogP contribution in [-0.4, -0.2) is 43.3 Å². The minimum absolute atomic E-state index is 0.143. The third kappa shape index (κ3) is 3.81. The van der Waals surface area contributed by atoms with Gasteiger partial charge in [0, 0.05) is 25.2 Å². The van der Waals surface area contributed by atoms with Crippen molar-refractivity contribution in [3.63, 3.8) is 0 Å². The van der Waals surface area contributed by atoms with Crippen molar-refractivity contribution in [2.75, 3.05) is 32.8 Å². The predicted molar refractivity (Wildman–Crippen MR) is 76.2 cm³/mol. The molecule has 1 saturated heterocycles. The lowest BCUT2D eigenvalue weighted by Crippen LogP contribution is -2.55. The Labute approximate surface area is 116 Å². The number of nitrogens with zero attached hydrogens (tertiary/aromatic N) is 1. The first kappa shape index (κ1) is 14.6. The lowest BCUT2D eigenvalue weighted by Gasteiger charge is -2.41. The fourth-order valence-electron chi connectivity index (χ4n) is 2.59. The number of morpholine rings is 1. The molecule has 1 N–H and O–H groups in total. The van der Waals surface area contributed by atoms with Crippen LogP contribution in [0.4, 0.5) is 0 Å². The van der Waals surface area contributed by atoms with Crippen LogP contribution < -0.4 is 5.32 Å². The Morgan fingerprint density at radius 2 is 2.11 bits per heavy atom. The van der Waals surface area contributed by atoms with Gasteiger partial charge in [0.05, 0.1) is 25.5 Å². The van der Waals surface area contributed by atoms with Gasteiger partial charge in [0.15, 0.2) is 0 Å². The fourth-order valence-corrected chi connectivity index (χ4v) is 2.59. The second kappa shape index (κ2) is 6.55. The summed E-state index contributed by atoms with van der Waals surface area (Å²) in [6.45, 7) is 11.4. The minimum atomic E-state index is 0.143. The summed E-state index contributed by atoms with van der Waals surface area (Å²) >= 11 is 0. The standard InChI is InChI=1S/C15H26N2O2/c1-4-13(14-6-5-9-19-14)16-12-15(2,3)17-7-10-18-11-8-17/h5-6,9,13,16H,4,7-8,10-12H2,1-3H3. The van der Waals surface area contributed by atoms with Crippen molar-refractivity contribution in [1.29, 1.82) is 0 Å². The molecule has 4 nitrogen and oxygen atoms in total. The molecule has 1 aliphatic heterocycles. The average molecular weight is 266 g/mol. The molecule has 1 fully saturated rings. The van der Waals surface area contributed by atoms with Crippen LogP contribution in [0.2, 0.25) is 0 Å². The summed E-state index contributed by atoms with van der Waals surface area (Å²) in [5.41, 5.74) is 0.143. The van der Waals surface area contributed by atoms with Gasteiger partial charge in [-0.25, -0.2) is 0 Å². The summed E-state index contributed by atoms with van der Waals surface area (Å²) in [6.07, 6.45) is 2.78. The summed E-state index contributed by atoms with van der Waals surface area (Å²) < 4.78 is 10.9. The molecule has 0 aliphatic carbocycles.